The number of hydrogen-bond donors (Lipinski definition) is 2. The summed E-state index contributed by atoms with van der Waals surface area (Å²) in [5.74, 6) is -0.317. The van der Waals surface area contributed by atoms with Gasteiger partial charge in [0.2, 0.25) is 5.91 Å². The van der Waals surface area contributed by atoms with Gasteiger partial charge in [-0.15, -0.1) is 0 Å². The smallest absolute Gasteiger partial charge is 0.326 e. The van der Waals surface area contributed by atoms with Crippen molar-refractivity contribution in [1.82, 2.24) is 19.8 Å². The number of aromatic amines is 1. The van der Waals surface area contributed by atoms with E-state index in [-0.39, 0.29) is 17.5 Å². The van der Waals surface area contributed by atoms with Crippen molar-refractivity contribution in [3.8, 4) is 0 Å². The summed E-state index contributed by atoms with van der Waals surface area (Å²) in [6, 6.07) is 14.4. The minimum Gasteiger partial charge on any atom is -0.351 e. The molecule has 0 saturated carbocycles. The number of amides is 2. The maximum absolute atomic E-state index is 12.0. The molecular weight excluding hydrogens is 356 g/mol. The molecule has 2 amide bonds. The highest BCUT2D eigenvalue weighted by atomic mass is 16.2. The molecule has 7 heteroatoms. The van der Waals surface area contributed by atoms with E-state index in [4.69, 9.17) is 0 Å². The first-order valence-corrected chi connectivity index (χ1v) is 8.91. The topological polar surface area (TPSA) is 87.2 Å². The van der Waals surface area contributed by atoms with E-state index in [1.54, 1.807) is 49.0 Å². The number of aromatic nitrogens is 2. The molecule has 3 aromatic rings. The summed E-state index contributed by atoms with van der Waals surface area (Å²) in [6.45, 7) is 0.713. The summed E-state index contributed by atoms with van der Waals surface area (Å²) in [4.78, 5) is 40.2. The van der Waals surface area contributed by atoms with E-state index in [0.29, 0.717) is 18.7 Å². The van der Waals surface area contributed by atoms with E-state index in [2.05, 4.69) is 10.3 Å². The third-order valence-electron chi connectivity index (χ3n) is 4.31. The summed E-state index contributed by atoms with van der Waals surface area (Å²) in [5, 5.41) is 2.77. The van der Waals surface area contributed by atoms with Gasteiger partial charge in [-0.3, -0.25) is 14.2 Å². The van der Waals surface area contributed by atoms with Crippen LogP contribution in [0, 0.1) is 0 Å². The third-order valence-corrected chi connectivity index (χ3v) is 4.31. The molecule has 0 radical (unpaired) electrons. The zero-order valence-electron chi connectivity index (χ0n) is 15.8. The Morgan fingerprint density at radius 2 is 1.82 bits per heavy atom. The molecule has 3 rings (SSSR count). The van der Waals surface area contributed by atoms with Gasteiger partial charge in [0.05, 0.1) is 11.0 Å². The van der Waals surface area contributed by atoms with Crippen molar-refractivity contribution in [2.24, 2.45) is 0 Å². The fraction of sp³-hybridized carbons (Fsp3) is 0.190. The molecular formula is C21H22N4O3. The molecule has 1 aromatic heterocycles. The van der Waals surface area contributed by atoms with E-state index < -0.39 is 0 Å². The number of H-pyrrole nitrogens is 1. The number of benzene rings is 2. The van der Waals surface area contributed by atoms with Gasteiger partial charge in [0.25, 0.3) is 5.91 Å². The Morgan fingerprint density at radius 1 is 1.11 bits per heavy atom. The number of para-hydroxylation sites is 2. The van der Waals surface area contributed by atoms with Crippen LogP contribution in [0.3, 0.4) is 0 Å². The van der Waals surface area contributed by atoms with Gasteiger partial charge in [-0.25, -0.2) is 4.79 Å². The lowest BCUT2D eigenvalue weighted by molar-refractivity contribution is -0.116. The zero-order valence-corrected chi connectivity index (χ0v) is 15.8. The molecule has 2 N–H and O–H groups in total. The Hall–Kier alpha value is -3.61. The van der Waals surface area contributed by atoms with Gasteiger partial charge in [0.15, 0.2) is 0 Å². The van der Waals surface area contributed by atoms with Gasteiger partial charge < -0.3 is 15.2 Å². The second kappa shape index (κ2) is 8.39. The number of fused-ring (bicyclic) bond motifs is 1. The fourth-order valence-electron chi connectivity index (χ4n) is 2.85. The van der Waals surface area contributed by atoms with E-state index >= 15 is 0 Å². The Kier molecular flexibility index (Phi) is 5.74. The van der Waals surface area contributed by atoms with Crippen molar-refractivity contribution in [3.63, 3.8) is 0 Å². The van der Waals surface area contributed by atoms with Crippen molar-refractivity contribution in [1.29, 1.82) is 0 Å². The fourth-order valence-corrected chi connectivity index (χ4v) is 2.85. The summed E-state index contributed by atoms with van der Waals surface area (Å²) in [7, 11) is 3.40. The van der Waals surface area contributed by atoms with Gasteiger partial charge in [0, 0.05) is 38.8 Å². The van der Waals surface area contributed by atoms with Crippen molar-refractivity contribution < 1.29 is 9.59 Å². The second-order valence-corrected chi connectivity index (χ2v) is 6.54. The normalized spacial score (nSPS) is 11.1. The lowest BCUT2D eigenvalue weighted by Gasteiger charge is -2.09. The van der Waals surface area contributed by atoms with Crippen LogP contribution in [0.15, 0.2) is 59.4 Å². The number of carbonyl (C=O) groups is 2. The van der Waals surface area contributed by atoms with Crippen LogP contribution in [0.2, 0.25) is 0 Å². The Balaban J connectivity index is 1.55. The number of nitrogens with zero attached hydrogens (tertiary/aromatic N) is 2. The number of rotatable bonds is 6. The molecule has 0 unspecified atom stereocenters. The molecule has 0 spiro atoms. The zero-order chi connectivity index (χ0) is 20.1. The molecule has 0 atom stereocenters. The predicted octanol–water partition coefficient (Wildman–Crippen LogP) is 1.86. The third kappa shape index (κ3) is 4.37. The van der Waals surface area contributed by atoms with Crippen LogP contribution in [-0.2, 0) is 11.3 Å². The number of carbonyl (C=O) groups excluding carboxylic acids is 2. The standard InChI is InChI=1S/C21H22N4O3/c1-24(2)20(27)16-10-7-15(8-11-16)9-12-19(26)22-13-14-25-18-6-4-3-5-17(18)23-21(25)28/h3-12H,13-14H2,1-2H3,(H,22,26)(H,23,28)/b12-9+. The highest BCUT2D eigenvalue weighted by Crippen LogP contribution is 2.09. The van der Waals surface area contributed by atoms with Gasteiger partial charge in [-0.1, -0.05) is 24.3 Å². The van der Waals surface area contributed by atoms with Gasteiger partial charge in [-0.2, -0.15) is 0 Å². The van der Waals surface area contributed by atoms with Crippen LogP contribution in [-0.4, -0.2) is 46.9 Å². The van der Waals surface area contributed by atoms with Crippen molar-refractivity contribution in [3.05, 3.63) is 76.2 Å². The minimum absolute atomic E-state index is 0.0687. The van der Waals surface area contributed by atoms with Crippen LogP contribution < -0.4 is 11.0 Å². The van der Waals surface area contributed by atoms with E-state index in [0.717, 1.165) is 16.6 Å². The summed E-state index contributed by atoms with van der Waals surface area (Å²) >= 11 is 0. The molecule has 0 fully saturated rings. The number of hydrogen-bond acceptors (Lipinski definition) is 3. The first kappa shape index (κ1) is 19.2. The molecule has 28 heavy (non-hydrogen) atoms. The van der Waals surface area contributed by atoms with Gasteiger partial charge in [-0.05, 0) is 35.9 Å². The van der Waals surface area contributed by atoms with Crippen molar-refractivity contribution >= 4 is 28.9 Å². The average Bonchev–Trinajstić information content (AvgIpc) is 3.01. The summed E-state index contributed by atoms with van der Waals surface area (Å²) in [5.41, 5.74) is 2.80. The van der Waals surface area contributed by atoms with Crippen LogP contribution in [0.1, 0.15) is 15.9 Å². The highest BCUT2D eigenvalue weighted by molar-refractivity contribution is 5.94. The number of imidazole rings is 1. The Morgan fingerprint density at radius 3 is 2.54 bits per heavy atom. The van der Waals surface area contributed by atoms with E-state index in [1.165, 1.54) is 11.0 Å². The maximum Gasteiger partial charge on any atom is 0.326 e. The summed E-state index contributed by atoms with van der Waals surface area (Å²) in [6.07, 6.45) is 3.11. The molecule has 0 aliphatic rings. The van der Waals surface area contributed by atoms with E-state index in [9.17, 15) is 14.4 Å². The molecule has 0 bridgehead atoms. The minimum atomic E-state index is -0.249. The van der Waals surface area contributed by atoms with Crippen LogP contribution >= 0.6 is 0 Å². The molecule has 0 saturated heterocycles. The van der Waals surface area contributed by atoms with Crippen LogP contribution in [0.25, 0.3) is 17.1 Å². The van der Waals surface area contributed by atoms with Crippen LogP contribution in [0.5, 0.6) is 0 Å². The quantitative estimate of drug-likeness (QED) is 0.642. The van der Waals surface area contributed by atoms with E-state index in [1.807, 2.05) is 24.3 Å². The molecule has 0 aliphatic carbocycles. The molecule has 1 heterocycles. The molecule has 144 valence electrons. The Bertz CT molecular complexity index is 1070. The maximum atomic E-state index is 12.0. The van der Waals surface area contributed by atoms with Crippen molar-refractivity contribution in [2.75, 3.05) is 20.6 Å². The monoisotopic (exact) mass is 378 g/mol. The second-order valence-electron chi connectivity index (χ2n) is 6.54. The molecule has 0 aliphatic heterocycles. The van der Waals surface area contributed by atoms with Gasteiger partial charge >= 0.3 is 5.69 Å². The molecule has 7 nitrogen and oxygen atoms in total. The first-order valence-electron chi connectivity index (χ1n) is 8.91. The lowest BCUT2D eigenvalue weighted by Crippen LogP contribution is -2.28. The largest absolute Gasteiger partial charge is 0.351 e. The summed E-state index contributed by atoms with van der Waals surface area (Å²) < 4.78 is 1.60. The lowest BCUT2D eigenvalue weighted by atomic mass is 10.1. The highest BCUT2D eigenvalue weighted by Gasteiger charge is 2.07. The van der Waals surface area contributed by atoms with Crippen LogP contribution in [0.4, 0.5) is 0 Å². The average molecular weight is 378 g/mol. The first-order chi connectivity index (χ1) is 13.5. The predicted molar refractivity (Wildman–Crippen MR) is 109 cm³/mol. The number of nitrogens with one attached hydrogen (secondary N) is 2. The van der Waals surface area contributed by atoms with Gasteiger partial charge in [0.1, 0.15) is 0 Å². The Labute approximate surface area is 162 Å². The van der Waals surface area contributed by atoms with Crippen molar-refractivity contribution in [2.45, 2.75) is 6.54 Å². The SMILES string of the molecule is CN(C)C(=O)c1ccc(/C=C/C(=O)NCCn2c(=O)[nH]c3ccccc32)cc1. The molecule has 2 aromatic carbocycles.